The Labute approximate surface area is 193 Å². The lowest BCUT2D eigenvalue weighted by Crippen LogP contribution is -2.51. The summed E-state index contributed by atoms with van der Waals surface area (Å²) in [5.41, 5.74) is 4.42. The molecule has 174 valence electrons. The summed E-state index contributed by atoms with van der Waals surface area (Å²) >= 11 is 0. The molecular formula is C26H30N2O5. The van der Waals surface area contributed by atoms with Gasteiger partial charge in [-0.15, -0.1) is 6.58 Å². The summed E-state index contributed by atoms with van der Waals surface area (Å²) in [5, 5.41) is 14.4. The zero-order valence-electron chi connectivity index (χ0n) is 18.9. The molecule has 0 radical (unpaired) electrons. The number of aliphatic carboxylic acids is 1. The van der Waals surface area contributed by atoms with Crippen LogP contribution in [-0.4, -0.2) is 41.8 Å². The average Bonchev–Trinajstić information content (AvgIpc) is 3.10. The number of carbonyl (C=O) groups is 3. The number of carboxylic acids is 1. The lowest BCUT2D eigenvalue weighted by atomic mass is 9.98. The zero-order valence-corrected chi connectivity index (χ0v) is 18.9. The van der Waals surface area contributed by atoms with Crippen LogP contribution in [0, 0.1) is 5.92 Å². The first kappa shape index (κ1) is 24.0. The van der Waals surface area contributed by atoms with E-state index in [2.05, 4.69) is 29.3 Å². The lowest BCUT2D eigenvalue weighted by molar-refractivity contribution is -0.142. The van der Waals surface area contributed by atoms with Gasteiger partial charge in [0.1, 0.15) is 18.7 Å². The summed E-state index contributed by atoms with van der Waals surface area (Å²) in [5.74, 6) is -1.72. The van der Waals surface area contributed by atoms with Gasteiger partial charge in [-0.05, 0) is 41.0 Å². The molecular weight excluding hydrogens is 420 g/mol. The number of nitrogens with one attached hydrogen (secondary N) is 2. The summed E-state index contributed by atoms with van der Waals surface area (Å²) < 4.78 is 5.50. The molecule has 3 N–H and O–H groups in total. The van der Waals surface area contributed by atoms with Crippen LogP contribution >= 0.6 is 0 Å². The molecule has 1 unspecified atom stereocenters. The predicted molar refractivity (Wildman–Crippen MR) is 126 cm³/mol. The van der Waals surface area contributed by atoms with Gasteiger partial charge >= 0.3 is 12.1 Å². The molecule has 0 fully saturated rings. The maximum absolute atomic E-state index is 12.7. The van der Waals surface area contributed by atoms with Gasteiger partial charge in [0.15, 0.2) is 0 Å². The molecule has 0 bridgehead atoms. The maximum atomic E-state index is 12.7. The molecule has 7 heteroatoms. The third-order valence-electron chi connectivity index (χ3n) is 5.68. The first-order valence-electron chi connectivity index (χ1n) is 11.1. The van der Waals surface area contributed by atoms with Gasteiger partial charge in [0.05, 0.1) is 0 Å². The Bertz CT molecular complexity index is 987. The van der Waals surface area contributed by atoms with Gasteiger partial charge in [0, 0.05) is 5.92 Å². The van der Waals surface area contributed by atoms with E-state index in [1.165, 1.54) is 6.08 Å². The van der Waals surface area contributed by atoms with Crippen molar-refractivity contribution in [2.24, 2.45) is 5.92 Å². The second-order valence-electron chi connectivity index (χ2n) is 8.58. The summed E-state index contributed by atoms with van der Waals surface area (Å²) in [4.78, 5) is 36.7. The van der Waals surface area contributed by atoms with Gasteiger partial charge in [-0.1, -0.05) is 68.5 Å². The highest BCUT2D eigenvalue weighted by atomic mass is 16.5. The Balaban J connectivity index is 1.64. The summed E-state index contributed by atoms with van der Waals surface area (Å²) in [6.45, 7) is 7.49. The van der Waals surface area contributed by atoms with Crippen LogP contribution in [0.2, 0.25) is 0 Å². The molecule has 1 aliphatic carbocycles. The van der Waals surface area contributed by atoms with Crippen molar-refractivity contribution in [3.63, 3.8) is 0 Å². The van der Waals surface area contributed by atoms with Gasteiger partial charge in [0.2, 0.25) is 5.91 Å². The highest BCUT2D eigenvalue weighted by Crippen LogP contribution is 2.44. The van der Waals surface area contributed by atoms with E-state index in [0.717, 1.165) is 22.3 Å². The largest absolute Gasteiger partial charge is 0.480 e. The fourth-order valence-electron chi connectivity index (χ4n) is 4.15. The van der Waals surface area contributed by atoms with E-state index < -0.39 is 30.1 Å². The monoisotopic (exact) mass is 450 g/mol. The molecule has 1 aliphatic rings. The molecule has 2 aromatic carbocycles. The van der Waals surface area contributed by atoms with Gasteiger partial charge in [-0.3, -0.25) is 4.79 Å². The number of hydrogen-bond donors (Lipinski definition) is 3. The van der Waals surface area contributed by atoms with E-state index in [1.807, 2.05) is 50.2 Å². The van der Waals surface area contributed by atoms with E-state index in [1.54, 1.807) is 0 Å². The van der Waals surface area contributed by atoms with E-state index in [9.17, 15) is 19.5 Å². The number of alkyl carbamates (subject to hydrolysis) is 1. The normalized spacial score (nSPS) is 14.0. The van der Waals surface area contributed by atoms with Crippen LogP contribution in [0.5, 0.6) is 0 Å². The van der Waals surface area contributed by atoms with Crippen molar-refractivity contribution < 1.29 is 24.2 Å². The van der Waals surface area contributed by atoms with Crippen molar-refractivity contribution in [1.82, 2.24) is 10.6 Å². The lowest BCUT2D eigenvalue weighted by Gasteiger charge is -2.22. The Morgan fingerprint density at radius 2 is 1.58 bits per heavy atom. The van der Waals surface area contributed by atoms with Crippen molar-refractivity contribution >= 4 is 18.0 Å². The molecule has 0 aromatic heterocycles. The molecule has 2 atom stereocenters. The molecule has 0 saturated heterocycles. The fourth-order valence-corrected chi connectivity index (χ4v) is 4.15. The molecule has 0 aliphatic heterocycles. The Morgan fingerprint density at radius 3 is 2.09 bits per heavy atom. The van der Waals surface area contributed by atoms with Crippen LogP contribution in [-0.2, 0) is 14.3 Å². The summed E-state index contributed by atoms with van der Waals surface area (Å²) in [6.07, 6.45) is 1.18. The van der Waals surface area contributed by atoms with Gasteiger partial charge < -0.3 is 20.5 Å². The number of ether oxygens (including phenoxy) is 1. The van der Waals surface area contributed by atoms with Crippen molar-refractivity contribution in [2.45, 2.75) is 44.7 Å². The number of carboxylic acid groups (broad SMARTS) is 1. The molecule has 7 nitrogen and oxygen atoms in total. The minimum atomic E-state index is -1.12. The smallest absolute Gasteiger partial charge is 0.407 e. The van der Waals surface area contributed by atoms with Crippen LogP contribution in [0.3, 0.4) is 0 Å². The zero-order chi connectivity index (χ0) is 24.0. The summed E-state index contributed by atoms with van der Waals surface area (Å²) in [6, 6.07) is 14.0. The Morgan fingerprint density at radius 1 is 1.00 bits per heavy atom. The second-order valence-corrected chi connectivity index (χ2v) is 8.58. The third-order valence-corrected chi connectivity index (χ3v) is 5.68. The van der Waals surface area contributed by atoms with E-state index in [0.29, 0.717) is 0 Å². The molecule has 2 aromatic rings. The van der Waals surface area contributed by atoms with Crippen LogP contribution in [0.4, 0.5) is 4.79 Å². The number of hydrogen-bond acceptors (Lipinski definition) is 4. The number of fused-ring (bicyclic) bond motifs is 3. The average molecular weight is 451 g/mol. The Kier molecular flexibility index (Phi) is 7.87. The van der Waals surface area contributed by atoms with Crippen molar-refractivity contribution in [2.75, 3.05) is 6.61 Å². The quantitative estimate of drug-likeness (QED) is 0.473. The van der Waals surface area contributed by atoms with Gasteiger partial charge in [-0.25, -0.2) is 9.59 Å². The minimum Gasteiger partial charge on any atom is -0.480 e. The molecule has 0 spiro atoms. The van der Waals surface area contributed by atoms with Gasteiger partial charge in [0.25, 0.3) is 0 Å². The SMILES string of the molecule is C=CCC(NC(=O)OCC1c2ccccc2-c2ccccc21)C(=O)N[C@@H](CC(C)C)C(=O)O. The first-order chi connectivity index (χ1) is 15.8. The minimum absolute atomic E-state index is 0.0827. The van der Waals surface area contributed by atoms with E-state index in [-0.39, 0.29) is 31.3 Å². The summed E-state index contributed by atoms with van der Waals surface area (Å²) in [7, 11) is 0. The standard InChI is InChI=1S/C26H30N2O5/c1-4-9-22(24(29)27-23(25(30)31)14-16(2)3)28-26(32)33-15-21-19-12-7-5-10-17(19)18-11-6-8-13-20(18)21/h4-8,10-13,16,21-23H,1,9,14-15H2,2-3H3,(H,27,29)(H,28,32)(H,30,31)/t22?,23-/m0/s1. The highest BCUT2D eigenvalue weighted by molar-refractivity contribution is 5.89. The van der Waals surface area contributed by atoms with E-state index in [4.69, 9.17) is 4.74 Å². The number of amides is 2. The molecule has 2 amide bonds. The van der Waals surface area contributed by atoms with Crippen molar-refractivity contribution in [1.29, 1.82) is 0 Å². The topological polar surface area (TPSA) is 105 Å². The fraction of sp³-hybridized carbons (Fsp3) is 0.346. The van der Waals surface area contributed by atoms with Crippen molar-refractivity contribution in [3.8, 4) is 11.1 Å². The van der Waals surface area contributed by atoms with Crippen LogP contribution in [0.1, 0.15) is 43.7 Å². The molecule has 3 rings (SSSR count). The van der Waals surface area contributed by atoms with Crippen LogP contribution in [0.15, 0.2) is 61.2 Å². The molecule has 33 heavy (non-hydrogen) atoms. The first-order valence-corrected chi connectivity index (χ1v) is 11.1. The number of carbonyl (C=O) groups excluding carboxylic acids is 2. The van der Waals surface area contributed by atoms with Crippen LogP contribution in [0.25, 0.3) is 11.1 Å². The Hall–Kier alpha value is -3.61. The number of rotatable bonds is 10. The van der Waals surface area contributed by atoms with Gasteiger partial charge in [-0.2, -0.15) is 0 Å². The second kappa shape index (κ2) is 10.8. The maximum Gasteiger partial charge on any atom is 0.407 e. The highest BCUT2D eigenvalue weighted by Gasteiger charge is 2.30. The van der Waals surface area contributed by atoms with Crippen molar-refractivity contribution in [3.05, 3.63) is 72.3 Å². The van der Waals surface area contributed by atoms with Crippen LogP contribution < -0.4 is 10.6 Å². The predicted octanol–water partition coefficient (Wildman–Crippen LogP) is 4.09. The molecule has 0 heterocycles. The molecule has 0 saturated carbocycles. The number of benzene rings is 2. The third kappa shape index (κ3) is 5.80. The van der Waals surface area contributed by atoms with E-state index >= 15 is 0 Å².